The summed E-state index contributed by atoms with van der Waals surface area (Å²) in [5, 5.41) is 23.0. The van der Waals surface area contributed by atoms with Crippen molar-refractivity contribution < 1.29 is 9.66 Å². The Hall–Kier alpha value is -2.13. The van der Waals surface area contributed by atoms with Crippen molar-refractivity contribution in [3.8, 4) is 11.8 Å². The third-order valence-corrected chi connectivity index (χ3v) is 3.11. The van der Waals surface area contributed by atoms with E-state index >= 15 is 0 Å². The van der Waals surface area contributed by atoms with Crippen molar-refractivity contribution in [1.82, 2.24) is 5.32 Å². The standard InChI is InChI=1S/C15H21N3O3/c1-15(2,11-16)7-4-8-21-14-6-5-12(10-17-3)9-13(14)18(19)20/h5-6,9,17H,4,7-8,10H2,1-3H3. The molecule has 0 radical (unpaired) electrons. The van der Waals surface area contributed by atoms with Crippen LogP contribution in [0.3, 0.4) is 0 Å². The van der Waals surface area contributed by atoms with Crippen LogP contribution in [-0.4, -0.2) is 18.6 Å². The van der Waals surface area contributed by atoms with Crippen LogP contribution in [0.25, 0.3) is 0 Å². The van der Waals surface area contributed by atoms with Gasteiger partial charge in [-0.05, 0) is 45.4 Å². The van der Waals surface area contributed by atoms with Gasteiger partial charge in [0.15, 0.2) is 5.75 Å². The quantitative estimate of drug-likeness (QED) is 0.452. The van der Waals surface area contributed by atoms with Crippen LogP contribution >= 0.6 is 0 Å². The normalized spacial score (nSPS) is 11.0. The number of nitro benzene ring substituents is 1. The number of nitrogens with one attached hydrogen (secondary N) is 1. The first-order chi connectivity index (χ1) is 9.89. The molecule has 0 saturated carbocycles. The summed E-state index contributed by atoms with van der Waals surface area (Å²) in [6.45, 7) is 4.65. The molecule has 0 spiro atoms. The van der Waals surface area contributed by atoms with Crippen molar-refractivity contribution in [2.45, 2.75) is 33.2 Å². The maximum Gasteiger partial charge on any atom is 0.311 e. The molecule has 0 aromatic heterocycles. The van der Waals surface area contributed by atoms with E-state index in [1.54, 1.807) is 19.2 Å². The van der Waals surface area contributed by atoms with E-state index in [0.29, 0.717) is 26.0 Å². The Morgan fingerprint density at radius 3 is 2.76 bits per heavy atom. The summed E-state index contributed by atoms with van der Waals surface area (Å²) in [7, 11) is 1.78. The Morgan fingerprint density at radius 1 is 1.48 bits per heavy atom. The van der Waals surface area contributed by atoms with Gasteiger partial charge >= 0.3 is 5.69 Å². The molecule has 0 aliphatic carbocycles. The smallest absolute Gasteiger partial charge is 0.311 e. The molecule has 0 bridgehead atoms. The third-order valence-electron chi connectivity index (χ3n) is 3.11. The van der Waals surface area contributed by atoms with Gasteiger partial charge in [0.05, 0.1) is 23.0 Å². The summed E-state index contributed by atoms with van der Waals surface area (Å²) in [6.07, 6.45) is 1.37. The molecule has 1 aromatic rings. The second-order valence-corrected chi connectivity index (χ2v) is 5.54. The molecule has 0 amide bonds. The third kappa shape index (κ3) is 5.40. The van der Waals surface area contributed by atoms with E-state index in [4.69, 9.17) is 10.00 Å². The number of nitro groups is 1. The predicted octanol–water partition coefficient (Wildman–Crippen LogP) is 3.02. The van der Waals surface area contributed by atoms with E-state index in [1.807, 2.05) is 13.8 Å². The minimum Gasteiger partial charge on any atom is -0.487 e. The number of hydrogen-bond acceptors (Lipinski definition) is 5. The lowest BCUT2D eigenvalue weighted by Crippen LogP contribution is -2.10. The summed E-state index contributed by atoms with van der Waals surface area (Å²) in [4.78, 5) is 10.6. The second-order valence-electron chi connectivity index (χ2n) is 5.54. The summed E-state index contributed by atoms with van der Waals surface area (Å²) < 4.78 is 5.50. The number of ether oxygens (including phenoxy) is 1. The van der Waals surface area contributed by atoms with Gasteiger partial charge in [0.1, 0.15) is 0 Å². The van der Waals surface area contributed by atoms with Gasteiger partial charge in [0.2, 0.25) is 0 Å². The first-order valence-corrected chi connectivity index (χ1v) is 6.85. The first-order valence-electron chi connectivity index (χ1n) is 6.85. The maximum absolute atomic E-state index is 11.1. The van der Waals surface area contributed by atoms with Crippen LogP contribution in [-0.2, 0) is 6.54 Å². The van der Waals surface area contributed by atoms with E-state index in [0.717, 1.165) is 5.56 Å². The lowest BCUT2D eigenvalue weighted by atomic mass is 9.90. The highest BCUT2D eigenvalue weighted by Crippen LogP contribution is 2.28. The van der Waals surface area contributed by atoms with Crippen LogP contribution in [0.2, 0.25) is 0 Å². The molecule has 1 aromatic carbocycles. The average molecular weight is 291 g/mol. The van der Waals surface area contributed by atoms with Crippen molar-refractivity contribution in [2.75, 3.05) is 13.7 Å². The molecular formula is C15H21N3O3. The zero-order valence-corrected chi connectivity index (χ0v) is 12.7. The van der Waals surface area contributed by atoms with E-state index in [-0.39, 0.29) is 11.4 Å². The Balaban J connectivity index is 2.66. The number of nitriles is 1. The maximum atomic E-state index is 11.1. The first kappa shape index (κ1) is 16.9. The van der Waals surface area contributed by atoms with E-state index in [9.17, 15) is 10.1 Å². The summed E-state index contributed by atoms with van der Waals surface area (Å²) in [5.74, 6) is 0.273. The SMILES string of the molecule is CNCc1ccc(OCCCC(C)(C)C#N)c([N+](=O)[O-])c1. The highest BCUT2D eigenvalue weighted by Gasteiger charge is 2.18. The number of nitrogens with zero attached hydrogens (tertiary/aromatic N) is 2. The fraction of sp³-hybridized carbons (Fsp3) is 0.533. The monoisotopic (exact) mass is 291 g/mol. The van der Waals surface area contributed by atoms with Crippen molar-refractivity contribution in [1.29, 1.82) is 5.26 Å². The predicted molar refractivity (Wildman–Crippen MR) is 80.0 cm³/mol. The van der Waals surface area contributed by atoms with Gasteiger partial charge in [0.25, 0.3) is 0 Å². The Bertz CT molecular complexity index is 535. The van der Waals surface area contributed by atoms with Crippen LogP contribution in [0.4, 0.5) is 5.69 Å². The molecule has 0 heterocycles. The molecule has 0 unspecified atom stereocenters. The van der Waals surface area contributed by atoms with Gasteiger partial charge in [-0.1, -0.05) is 6.07 Å². The molecule has 0 saturated heterocycles. The number of rotatable bonds is 8. The molecule has 6 heteroatoms. The molecular weight excluding hydrogens is 270 g/mol. The largest absolute Gasteiger partial charge is 0.487 e. The van der Waals surface area contributed by atoms with Crippen molar-refractivity contribution in [2.24, 2.45) is 5.41 Å². The van der Waals surface area contributed by atoms with Gasteiger partial charge in [0, 0.05) is 12.6 Å². The number of benzene rings is 1. The summed E-state index contributed by atoms with van der Waals surface area (Å²) in [5.41, 5.74) is 0.413. The van der Waals surface area contributed by atoms with Gasteiger partial charge in [-0.3, -0.25) is 10.1 Å². The van der Waals surface area contributed by atoms with Crippen LogP contribution in [0.1, 0.15) is 32.3 Å². The van der Waals surface area contributed by atoms with Gasteiger partial charge in [-0.15, -0.1) is 0 Å². The summed E-state index contributed by atoms with van der Waals surface area (Å²) >= 11 is 0. The fourth-order valence-electron chi connectivity index (χ4n) is 1.89. The topological polar surface area (TPSA) is 88.2 Å². The van der Waals surface area contributed by atoms with Crippen LogP contribution in [0.5, 0.6) is 5.75 Å². The lowest BCUT2D eigenvalue weighted by Gasteiger charge is -2.14. The van der Waals surface area contributed by atoms with Crippen molar-refractivity contribution in [3.63, 3.8) is 0 Å². The molecule has 0 fully saturated rings. The summed E-state index contributed by atoms with van der Waals surface area (Å²) in [6, 6.07) is 7.17. The Kier molecular flexibility index (Phi) is 6.12. The second kappa shape index (κ2) is 7.60. The molecule has 0 aliphatic heterocycles. The molecule has 1 N–H and O–H groups in total. The average Bonchev–Trinajstić information content (AvgIpc) is 2.45. The molecule has 0 atom stereocenters. The highest BCUT2D eigenvalue weighted by molar-refractivity contribution is 5.48. The van der Waals surface area contributed by atoms with E-state index in [1.165, 1.54) is 6.07 Å². The highest BCUT2D eigenvalue weighted by atomic mass is 16.6. The fourth-order valence-corrected chi connectivity index (χ4v) is 1.89. The van der Waals surface area contributed by atoms with Gasteiger partial charge in [-0.25, -0.2) is 0 Å². The Morgan fingerprint density at radius 2 is 2.19 bits per heavy atom. The zero-order valence-electron chi connectivity index (χ0n) is 12.7. The minimum atomic E-state index is -0.437. The lowest BCUT2D eigenvalue weighted by molar-refractivity contribution is -0.385. The van der Waals surface area contributed by atoms with Gasteiger partial charge < -0.3 is 10.1 Å². The van der Waals surface area contributed by atoms with E-state index < -0.39 is 10.3 Å². The molecule has 1 rings (SSSR count). The van der Waals surface area contributed by atoms with E-state index in [2.05, 4.69) is 11.4 Å². The van der Waals surface area contributed by atoms with Gasteiger partial charge in [-0.2, -0.15) is 5.26 Å². The van der Waals surface area contributed by atoms with Crippen LogP contribution < -0.4 is 10.1 Å². The van der Waals surface area contributed by atoms with Crippen molar-refractivity contribution >= 4 is 5.69 Å². The molecule has 21 heavy (non-hydrogen) atoms. The molecule has 114 valence electrons. The number of hydrogen-bond donors (Lipinski definition) is 1. The molecule has 0 aliphatic rings. The molecule has 6 nitrogen and oxygen atoms in total. The van der Waals surface area contributed by atoms with Crippen LogP contribution in [0, 0.1) is 26.9 Å². The zero-order chi connectivity index (χ0) is 15.9. The Labute approximate surface area is 124 Å². The van der Waals surface area contributed by atoms with Crippen LogP contribution in [0.15, 0.2) is 18.2 Å². The minimum absolute atomic E-state index is 0.0257. The van der Waals surface area contributed by atoms with Crippen molar-refractivity contribution in [3.05, 3.63) is 33.9 Å².